The van der Waals surface area contributed by atoms with Crippen LogP contribution in [0.1, 0.15) is 25.0 Å². The normalized spacial score (nSPS) is 11.4. The highest BCUT2D eigenvalue weighted by atomic mass is 35.5. The van der Waals surface area contributed by atoms with E-state index in [0.29, 0.717) is 0 Å². The molecule has 0 aliphatic carbocycles. The number of ether oxygens (including phenoxy) is 2. The molecule has 0 saturated heterocycles. The van der Waals surface area contributed by atoms with Crippen LogP contribution in [0.25, 0.3) is 6.08 Å². The number of carbonyl (C=O) groups excluding carboxylic acids is 2. The number of nitrogens with zero attached hydrogens (tertiary/aromatic N) is 2. The van der Waals surface area contributed by atoms with Gasteiger partial charge < -0.3 is 19.8 Å². The predicted octanol–water partition coefficient (Wildman–Crippen LogP) is 3.06. The third-order valence-electron chi connectivity index (χ3n) is 4.08. The second kappa shape index (κ2) is 13.8. The van der Waals surface area contributed by atoms with Gasteiger partial charge in [-0.3, -0.25) is 4.79 Å². The van der Waals surface area contributed by atoms with Crippen LogP contribution in [-0.2, 0) is 25.6 Å². The molecule has 1 aromatic carbocycles. The number of carbonyl (C=O) groups is 2. The number of halogens is 2. The van der Waals surface area contributed by atoms with Crippen LogP contribution in [-0.4, -0.2) is 34.8 Å². The molecule has 0 aliphatic heterocycles. The summed E-state index contributed by atoms with van der Waals surface area (Å²) in [4.78, 5) is 27.5. The Kier molecular flexibility index (Phi) is 12.6. The van der Waals surface area contributed by atoms with Crippen molar-refractivity contribution in [2.75, 3.05) is 13.3 Å². The van der Waals surface area contributed by atoms with Crippen molar-refractivity contribution in [3.8, 4) is 0 Å². The standard InChI is InChI=1S/C20H25N3O4.2ClH/c1-15(2)18(11-21)20(25)27-14-26-19(24)8-7-16-3-5-17(6-4-16)12-23-10-9-22-13-23;;/h3-10,13,15,18H,11-12,14,21H2,1-2H3;2*1H/b8-7+;;. The summed E-state index contributed by atoms with van der Waals surface area (Å²) in [5.41, 5.74) is 7.53. The van der Waals surface area contributed by atoms with Gasteiger partial charge in [0.1, 0.15) is 0 Å². The van der Waals surface area contributed by atoms with Gasteiger partial charge in [0.05, 0.1) is 12.2 Å². The van der Waals surface area contributed by atoms with Gasteiger partial charge in [-0.15, -0.1) is 24.8 Å². The van der Waals surface area contributed by atoms with E-state index in [9.17, 15) is 9.59 Å². The molecule has 0 amide bonds. The van der Waals surface area contributed by atoms with Crippen LogP contribution in [0.4, 0.5) is 0 Å². The Balaban J connectivity index is 0.00000392. The van der Waals surface area contributed by atoms with Crippen LogP contribution in [0, 0.1) is 11.8 Å². The van der Waals surface area contributed by atoms with Crippen molar-refractivity contribution in [2.24, 2.45) is 17.6 Å². The lowest BCUT2D eigenvalue weighted by Gasteiger charge is -2.16. The molecule has 29 heavy (non-hydrogen) atoms. The number of aromatic nitrogens is 2. The summed E-state index contributed by atoms with van der Waals surface area (Å²) in [5, 5.41) is 0. The second-order valence-corrected chi connectivity index (χ2v) is 6.44. The molecule has 1 unspecified atom stereocenters. The minimum absolute atomic E-state index is 0. The highest BCUT2D eigenvalue weighted by Gasteiger charge is 2.22. The number of esters is 2. The molecule has 1 aromatic heterocycles. The molecule has 160 valence electrons. The Morgan fingerprint density at radius 3 is 2.41 bits per heavy atom. The molecule has 0 bridgehead atoms. The second-order valence-electron chi connectivity index (χ2n) is 6.44. The van der Waals surface area contributed by atoms with Crippen LogP contribution in [0.5, 0.6) is 0 Å². The average molecular weight is 444 g/mol. The van der Waals surface area contributed by atoms with Gasteiger partial charge >= 0.3 is 11.9 Å². The molecule has 0 aliphatic rings. The van der Waals surface area contributed by atoms with Crippen LogP contribution in [0.3, 0.4) is 0 Å². The summed E-state index contributed by atoms with van der Waals surface area (Å²) in [6, 6.07) is 7.77. The monoisotopic (exact) mass is 443 g/mol. The Bertz CT molecular complexity index is 763. The van der Waals surface area contributed by atoms with Crippen molar-refractivity contribution in [3.05, 3.63) is 60.2 Å². The fourth-order valence-corrected chi connectivity index (χ4v) is 2.43. The first-order chi connectivity index (χ1) is 13.0. The molecule has 2 aromatic rings. The number of hydrogen-bond acceptors (Lipinski definition) is 6. The summed E-state index contributed by atoms with van der Waals surface area (Å²) in [6.45, 7) is 4.27. The van der Waals surface area contributed by atoms with E-state index in [-0.39, 0.29) is 37.3 Å². The molecule has 0 fully saturated rings. The van der Waals surface area contributed by atoms with Crippen LogP contribution < -0.4 is 5.73 Å². The Morgan fingerprint density at radius 1 is 1.17 bits per heavy atom. The Hall–Kier alpha value is -2.35. The maximum Gasteiger partial charge on any atom is 0.333 e. The zero-order chi connectivity index (χ0) is 19.6. The highest BCUT2D eigenvalue weighted by Crippen LogP contribution is 2.11. The van der Waals surface area contributed by atoms with Crippen molar-refractivity contribution in [3.63, 3.8) is 0 Å². The van der Waals surface area contributed by atoms with Crippen molar-refractivity contribution < 1.29 is 19.1 Å². The Morgan fingerprint density at radius 2 is 1.86 bits per heavy atom. The molecule has 1 atom stereocenters. The predicted molar refractivity (Wildman–Crippen MR) is 116 cm³/mol. The molecule has 9 heteroatoms. The lowest BCUT2D eigenvalue weighted by atomic mass is 9.96. The minimum atomic E-state index is -0.584. The fraction of sp³-hybridized carbons (Fsp3) is 0.350. The molecule has 2 rings (SSSR count). The van der Waals surface area contributed by atoms with E-state index in [0.717, 1.165) is 17.7 Å². The number of nitrogens with two attached hydrogens (primary N) is 1. The van der Waals surface area contributed by atoms with Gasteiger partial charge in [-0.2, -0.15) is 0 Å². The topological polar surface area (TPSA) is 96.4 Å². The highest BCUT2D eigenvalue weighted by molar-refractivity contribution is 5.87. The minimum Gasteiger partial charge on any atom is -0.428 e. The lowest BCUT2D eigenvalue weighted by Crippen LogP contribution is -2.30. The summed E-state index contributed by atoms with van der Waals surface area (Å²) >= 11 is 0. The molecule has 0 radical (unpaired) electrons. The van der Waals surface area contributed by atoms with E-state index in [2.05, 4.69) is 4.98 Å². The van der Waals surface area contributed by atoms with E-state index >= 15 is 0 Å². The van der Waals surface area contributed by atoms with Gasteiger partial charge in [0.15, 0.2) is 0 Å². The van der Waals surface area contributed by atoms with Gasteiger partial charge in [-0.25, -0.2) is 9.78 Å². The summed E-state index contributed by atoms with van der Waals surface area (Å²) in [7, 11) is 0. The molecule has 0 spiro atoms. The van der Waals surface area contributed by atoms with Crippen LogP contribution >= 0.6 is 24.8 Å². The van der Waals surface area contributed by atoms with Gasteiger partial charge in [0, 0.05) is 31.6 Å². The third-order valence-corrected chi connectivity index (χ3v) is 4.08. The first-order valence-corrected chi connectivity index (χ1v) is 8.76. The molecule has 7 nitrogen and oxygen atoms in total. The Labute approximate surface area is 183 Å². The average Bonchev–Trinajstić information content (AvgIpc) is 3.14. The van der Waals surface area contributed by atoms with E-state index < -0.39 is 24.6 Å². The van der Waals surface area contributed by atoms with Gasteiger partial charge in [-0.1, -0.05) is 38.1 Å². The van der Waals surface area contributed by atoms with Crippen molar-refractivity contribution in [1.82, 2.24) is 9.55 Å². The summed E-state index contributed by atoms with van der Waals surface area (Å²) in [6.07, 6.45) is 8.32. The fourth-order valence-electron chi connectivity index (χ4n) is 2.43. The smallest absolute Gasteiger partial charge is 0.333 e. The van der Waals surface area contributed by atoms with Gasteiger partial charge in [0.25, 0.3) is 0 Å². The maximum atomic E-state index is 11.8. The molecule has 2 N–H and O–H groups in total. The summed E-state index contributed by atoms with van der Waals surface area (Å²) < 4.78 is 11.8. The van der Waals surface area contributed by atoms with Crippen molar-refractivity contribution in [2.45, 2.75) is 20.4 Å². The van der Waals surface area contributed by atoms with Crippen molar-refractivity contribution >= 4 is 42.8 Å². The number of hydrogen-bond donors (Lipinski definition) is 1. The maximum absolute atomic E-state index is 11.8. The zero-order valence-electron chi connectivity index (χ0n) is 16.4. The zero-order valence-corrected chi connectivity index (χ0v) is 18.0. The number of rotatable bonds is 9. The van der Waals surface area contributed by atoms with E-state index in [1.165, 1.54) is 6.08 Å². The van der Waals surface area contributed by atoms with E-state index in [4.69, 9.17) is 15.2 Å². The van der Waals surface area contributed by atoms with E-state index in [1.807, 2.05) is 48.9 Å². The first kappa shape index (κ1) is 26.6. The van der Waals surface area contributed by atoms with E-state index in [1.54, 1.807) is 18.6 Å². The van der Waals surface area contributed by atoms with Gasteiger partial charge in [-0.05, 0) is 23.1 Å². The van der Waals surface area contributed by atoms with Gasteiger partial charge in [0.2, 0.25) is 6.79 Å². The SMILES string of the molecule is CC(C)C(CN)C(=O)OCOC(=O)/C=C/c1ccc(Cn2ccnc2)cc1.Cl.Cl. The van der Waals surface area contributed by atoms with Crippen molar-refractivity contribution in [1.29, 1.82) is 0 Å². The first-order valence-electron chi connectivity index (χ1n) is 8.76. The lowest BCUT2D eigenvalue weighted by molar-refractivity contribution is -0.168. The molecule has 0 saturated carbocycles. The van der Waals surface area contributed by atoms with Crippen LogP contribution in [0.15, 0.2) is 49.1 Å². The third kappa shape index (κ3) is 9.13. The molecular formula is C20H27Cl2N3O4. The number of imidazole rings is 1. The largest absolute Gasteiger partial charge is 0.428 e. The molecule has 1 heterocycles. The quantitative estimate of drug-likeness (QED) is 0.363. The van der Waals surface area contributed by atoms with Crippen LogP contribution in [0.2, 0.25) is 0 Å². The summed E-state index contributed by atoms with van der Waals surface area (Å²) in [5.74, 6) is -1.38. The number of benzene rings is 1. The molecular weight excluding hydrogens is 417 g/mol.